The average Bonchev–Trinajstić information content (AvgIpc) is 3.60. The number of hydrogen-bond acceptors (Lipinski definition) is 3. The Morgan fingerprint density at radius 1 is 0.526 bits per heavy atom. The molecule has 0 atom stereocenters. The fraction of sp³-hybridized carbons (Fsp3) is 0. The molecule has 0 aliphatic heterocycles. The molecule has 0 spiro atoms. The van der Waals surface area contributed by atoms with E-state index in [9.17, 15) is 0 Å². The molecule has 8 aromatic rings. The van der Waals surface area contributed by atoms with Crippen molar-refractivity contribution in [1.82, 2.24) is 14.5 Å². The van der Waals surface area contributed by atoms with Crippen LogP contribution in [0.15, 0.2) is 127 Å². The highest BCUT2D eigenvalue weighted by molar-refractivity contribution is 7.16. The van der Waals surface area contributed by atoms with Gasteiger partial charge in [0.2, 0.25) is 5.95 Å². The van der Waals surface area contributed by atoms with Crippen LogP contribution in [0.2, 0.25) is 0 Å². The van der Waals surface area contributed by atoms with Crippen LogP contribution < -0.4 is 0 Å². The van der Waals surface area contributed by atoms with Crippen molar-refractivity contribution in [3.05, 3.63) is 127 Å². The van der Waals surface area contributed by atoms with Crippen molar-refractivity contribution in [2.45, 2.75) is 0 Å². The lowest BCUT2D eigenvalue weighted by molar-refractivity contribution is 1.02. The summed E-state index contributed by atoms with van der Waals surface area (Å²) < 4.78 is 2.23. The first-order valence-corrected chi connectivity index (χ1v) is 13.6. The maximum absolute atomic E-state index is 5.31. The molecular formula is C34H21N3S. The Hall–Kier alpha value is -4.80. The number of fused-ring (bicyclic) bond motifs is 6. The van der Waals surface area contributed by atoms with Gasteiger partial charge in [-0.1, -0.05) is 103 Å². The second-order valence-electron chi connectivity index (χ2n) is 9.46. The van der Waals surface area contributed by atoms with Crippen LogP contribution in [-0.4, -0.2) is 14.5 Å². The predicted octanol–water partition coefficient (Wildman–Crippen LogP) is 9.28. The van der Waals surface area contributed by atoms with E-state index in [0.29, 0.717) is 5.95 Å². The van der Waals surface area contributed by atoms with Crippen molar-refractivity contribution in [1.29, 1.82) is 0 Å². The second-order valence-corrected chi connectivity index (χ2v) is 10.4. The van der Waals surface area contributed by atoms with E-state index in [1.807, 2.05) is 0 Å². The first kappa shape index (κ1) is 21.3. The molecule has 0 radical (unpaired) electrons. The topological polar surface area (TPSA) is 30.7 Å². The van der Waals surface area contributed by atoms with Crippen molar-refractivity contribution in [2.24, 2.45) is 0 Å². The first-order chi connectivity index (χ1) is 18.9. The lowest BCUT2D eigenvalue weighted by Crippen LogP contribution is -2.03. The minimum absolute atomic E-state index is 0.694. The molecule has 0 fully saturated rings. The number of thiophene rings is 1. The summed E-state index contributed by atoms with van der Waals surface area (Å²) in [6.07, 6.45) is 0. The fourth-order valence-electron chi connectivity index (χ4n) is 5.66. The van der Waals surface area contributed by atoms with Gasteiger partial charge in [-0.3, -0.25) is 4.57 Å². The molecule has 0 saturated heterocycles. The van der Waals surface area contributed by atoms with Crippen molar-refractivity contribution in [3.63, 3.8) is 0 Å². The molecule has 0 saturated carbocycles. The van der Waals surface area contributed by atoms with Gasteiger partial charge in [-0.25, -0.2) is 9.97 Å². The second kappa shape index (κ2) is 8.37. The Bertz CT molecular complexity index is 2140. The highest BCUT2D eigenvalue weighted by Gasteiger charge is 2.20. The maximum atomic E-state index is 5.31. The molecule has 178 valence electrons. The van der Waals surface area contributed by atoms with Crippen molar-refractivity contribution in [3.8, 4) is 28.3 Å². The normalized spacial score (nSPS) is 11.7. The van der Waals surface area contributed by atoms with Gasteiger partial charge in [-0.2, -0.15) is 0 Å². The van der Waals surface area contributed by atoms with Crippen LogP contribution in [-0.2, 0) is 0 Å². The summed E-state index contributed by atoms with van der Waals surface area (Å²) in [4.78, 5) is 11.4. The van der Waals surface area contributed by atoms with Crippen LogP contribution in [0.25, 0.3) is 71.1 Å². The minimum atomic E-state index is 0.694. The quantitative estimate of drug-likeness (QED) is 0.240. The third-order valence-corrected chi connectivity index (χ3v) is 8.15. The van der Waals surface area contributed by atoms with E-state index in [2.05, 4.69) is 131 Å². The third-order valence-electron chi connectivity index (χ3n) is 7.34. The number of rotatable bonds is 3. The van der Waals surface area contributed by atoms with Gasteiger partial charge in [0, 0.05) is 21.7 Å². The van der Waals surface area contributed by atoms with Crippen LogP contribution >= 0.6 is 11.3 Å². The first-order valence-electron chi connectivity index (χ1n) is 12.7. The Labute approximate surface area is 223 Å². The summed E-state index contributed by atoms with van der Waals surface area (Å²) >= 11 is 1.66. The molecule has 5 aromatic carbocycles. The van der Waals surface area contributed by atoms with E-state index < -0.39 is 0 Å². The Balaban J connectivity index is 1.47. The largest absolute Gasteiger partial charge is 0.278 e. The van der Waals surface area contributed by atoms with Gasteiger partial charge in [0.1, 0.15) is 4.83 Å². The van der Waals surface area contributed by atoms with E-state index in [1.165, 1.54) is 32.7 Å². The summed E-state index contributed by atoms with van der Waals surface area (Å²) in [5, 5.41) is 8.10. The molecule has 3 heterocycles. The van der Waals surface area contributed by atoms with Crippen LogP contribution in [0.5, 0.6) is 0 Å². The van der Waals surface area contributed by atoms with Crippen LogP contribution in [0.4, 0.5) is 0 Å². The van der Waals surface area contributed by atoms with E-state index in [-0.39, 0.29) is 0 Å². The number of benzene rings is 5. The van der Waals surface area contributed by atoms with Gasteiger partial charge in [-0.15, -0.1) is 11.3 Å². The molecule has 0 unspecified atom stereocenters. The zero-order chi connectivity index (χ0) is 25.1. The molecule has 0 bridgehead atoms. The SMILES string of the molecule is c1ccc(-c2ccccc2-c2nc(-n3c4ccccc4c4c5ccccc5ccc43)nc3sccc23)cc1. The Morgan fingerprint density at radius 3 is 2.16 bits per heavy atom. The molecule has 0 aliphatic carbocycles. The summed E-state index contributed by atoms with van der Waals surface area (Å²) in [6.45, 7) is 0. The van der Waals surface area contributed by atoms with Crippen molar-refractivity contribution < 1.29 is 0 Å². The Morgan fingerprint density at radius 2 is 1.26 bits per heavy atom. The smallest absolute Gasteiger partial charge is 0.236 e. The standard InChI is InChI=1S/C34H21N3S/c1-2-10-22(11-3-1)24-13-6-7-15-26(24)32-28-20-21-38-33(28)36-34(35-32)37-29-17-9-8-16-27(29)31-25-14-5-4-12-23(25)18-19-30(31)37/h1-21H. The predicted molar refractivity (Wildman–Crippen MR) is 160 cm³/mol. The highest BCUT2D eigenvalue weighted by Crippen LogP contribution is 2.39. The van der Waals surface area contributed by atoms with E-state index >= 15 is 0 Å². The Kier molecular flexibility index (Phi) is 4.69. The van der Waals surface area contributed by atoms with E-state index in [4.69, 9.17) is 9.97 Å². The van der Waals surface area contributed by atoms with Crippen molar-refractivity contribution in [2.75, 3.05) is 0 Å². The number of nitrogens with zero attached hydrogens (tertiary/aromatic N) is 3. The number of aromatic nitrogens is 3. The fourth-order valence-corrected chi connectivity index (χ4v) is 6.42. The van der Waals surface area contributed by atoms with Gasteiger partial charge in [0.25, 0.3) is 0 Å². The molecule has 38 heavy (non-hydrogen) atoms. The van der Waals surface area contributed by atoms with Gasteiger partial charge < -0.3 is 0 Å². The monoisotopic (exact) mass is 503 g/mol. The van der Waals surface area contributed by atoms with Crippen LogP contribution in [0.3, 0.4) is 0 Å². The van der Waals surface area contributed by atoms with Gasteiger partial charge >= 0.3 is 0 Å². The molecule has 3 nitrogen and oxygen atoms in total. The molecule has 3 aromatic heterocycles. The highest BCUT2D eigenvalue weighted by atomic mass is 32.1. The molecule has 0 N–H and O–H groups in total. The average molecular weight is 504 g/mol. The van der Waals surface area contributed by atoms with Crippen molar-refractivity contribution >= 4 is 54.1 Å². The lowest BCUT2D eigenvalue weighted by Gasteiger charge is -2.13. The maximum Gasteiger partial charge on any atom is 0.236 e. The molecule has 4 heteroatoms. The molecule has 0 aliphatic rings. The van der Waals surface area contributed by atoms with E-state index in [0.717, 1.165) is 32.5 Å². The zero-order valence-corrected chi connectivity index (χ0v) is 21.2. The summed E-state index contributed by atoms with van der Waals surface area (Å²) in [5.74, 6) is 0.694. The minimum Gasteiger partial charge on any atom is -0.278 e. The summed E-state index contributed by atoms with van der Waals surface area (Å²) in [5.41, 5.74) is 6.63. The zero-order valence-electron chi connectivity index (χ0n) is 20.4. The molecular weight excluding hydrogens is 482 g/mol. The number of para-hydroxylation sites is 1. The third kappa shape index (κ3) is 3.14. The lowest BCUT2D eigenvalue weighted by atomic mass is 9.96. The van der Waals surface area contributed by atoms with Crippen LogP contribution in [0, 0.1) is 0 Å². The summed E-state index contributed by atoms with van der Waals surface area (Å²) in [7, 11) is 0. The van der Waals surface area contributed by atoms with E-state index in [1.54, 1.807) is 11.3 Å². The number of hydrogen-bond donors (Lipinski definition) is 0. The molecule has 8 rings (SSSR count). The molecule has 0 amide bonds. The van der Waals surface area contributed by atoms with Crippen LogP contribution in [0.1, 0.15) is 0 Å². The van der Waals surface area contributed by atoms with Gasteiger partial charge in [0.15, 0.2) is 0 Å². The van der Waals surface area contributed by atoms with Gasteiger partial charge in [0.05, 0.1) is 16.7 Å². The van der Waals surface area contributed by atoms with Gasteiger partial charge in [-0.05, 0) is 45.5 Å². The summed E-state index contributed by atoms with van der Waals surface area (Å²) in [6, 6.07) is 42.8.